The van der Waals surface area contributed by atoms with Gasteiger partial charge in [0.05, 0.1) is 7.11 Å². The number of imidazole rings is 1. The summed E-state index contributed by atoms with van der Waals surface area (Å²) in [5.41, 5.74) is 0.695. The Hall–Kier alpha value is -3.62. The van der Waals surface area contributed by atoms with Crippen molar-refractivity contribution in [1.29, 1.82) is 0 Å². The van der Waals surface area contributed by atoms with Crippen LogP contribution in [0.5, 0.6) is 5.75 Å². The van der Waals surface area contributed by atoms with Crippen LogP contribution >= 0.6 is 0 Å². The lowest BCUT2D eigenvalue weighted by Crippen LogP contribution is -2.40. The number of methoxy groups -OCH3 is 1. The van der Waals surface area contributed by atoms with Crippen LogP contribution in [0.1, 0.15) is 48.4 Å². The number of carbonyl (C=O) groups is 1. The van der Waals surface area contributed by atoms with Gasteiger partial charge in [-0.15, -0.1) is 0 Å². The van der Waals surface area contributed by atoms with Gasteiger partial charge >= 0.3 is 11.7 Å². The summed E-state index contributed by atoms with van der Waals surface area (Å²) >= 11 is 0. The van der Waals surface area contributed by atoms with Gasteiger partial charge in [0, 0.05) is 20.1 Å². The molecule has 164 valence electrons. The molecule has 1 N–H and O–H groups in total. The van der Waals surface area contributed by atoms with Gasteiger partial charge < -0.3 is 14.4 Å². The molecule has 3 aromatic rings. The predicted octanol–water partition coefficient (Wildman–Crippen LogP) is 2.59. The average Bonchev–Trinajstić information content (AvgIpc) is 3.08. The van der Waals surface area contributed by atoms with E-state index in [1.54, 1.807) is 40.5 Å². The highest BCUT2D eigenvalue weighted by Gasteiger charge is 2.18. The molecule has 0 fully saturated rings. The molecule has 0 unspecified atom stereocenters. The van der Waals surface area contributed by atoms with Crippen LogP contribution < -0.4 is 16.0 Å². The van der Waals surface area contributed by atoms with Crippen molar-refractivity contribution in [2.24, 2.45) is 7.05 Å². The summed E-state index contributed by atoms with van der Waals surface area (Å²) in [6.45, 7) is 4.68. The summed E-state index contributed by atoms with van der Waals surface area (Å²) in [6.07, 6.45) is 4.80. The van der Waals surface area contributed by atoms with Crippen molar-refractivity contribution in [2.45, 2.75) is 39.8 Å². The summed E-state index contributed by atoms with van der Waals surface area (Å²) in [4.78, 5) is 41.8. The Kier molecular flexibility index (Phi) is 6.43. The fraction of sp³-hybridized carbons (Fsp3) is 0.364. The molecule has 0 atom stereocenters. The number of benzene rings is 1. The molecule has 0 aliphatic rings. The van der Waals surface area contributed by atoms with Crippen molar-refractivity contribution >= 4 is 29.3 Å². The number of ether oxygens (including phenoxy) is 1. The van der Waals surface area contributed by atoms with E-state index in [1.807, 2.05) is 13.8 Å². The monoisotopic (exact) mass is 426 g/mol. The standard InChI is InChI=1S/C22H26N4O5/c1-5-11-25-19-18(20(27)26(12-6-2)22(25)30)24(3)17(23-19)10-8-14-7-9-16(31-4)15(13-14)21(28)29/h7-10,13H,5-6,11-12H2,1-4H3,(H,28,29)/b10-8+. The molecule has 0 amide bonds. The molecule has 1 aromatic carbocycles. The lowest BCUT2D eigenvalue weighted by Gasteiger charge is -2.10. The SMILES string of the molecule is CCCn1c(=O)c2c(nc(/C=C/c3ccc(OC)c(C(=O)O)c3)n2C)n(CCC)c1=O. The van der Waals surface area contributed by atoms with Crippen molar-refractivity contribution in [3.8, 4) is 5.75 Å². The van der Waals surface area contributed by atoms with E-state index < -0.39 is 5.97 Å². The zero-order valence-electron chi connectivity index (χ0n) is 18.1. The van der Waals surface area contributed by atoms with Crippen LogP contribution in [-0.2, 0) is 20.1 Å². The van der Waals surface area contributed by atoms with Gasteiger partial charge in [-0.3, -0.25) is 13.9 Å². The van der Waals surface area contributed by atoms with Crippen molar-refractivity contribution in [2.75, 3.05) is 7.11 Å². The first-order chi connectivity index (χ1) is 14.8. The number of hydrogen-bond acceptors (Lipinski definition) is 5. The topological polar surface area (TPSA) is 108 Å². The number of carboxylic acid groups (broad SMARTS) is 1. The van der Waals surface area contributed by atoms with Crippen LogP contribution in [0, 0.1) is 0 Å². The Balaban J connectivity index is 2.15. The number of aryl methyl sites for hydroxylation is 2. The number of carboxylic acids is 1. The molecule has 0 aliphatic heterocycles. The van der Waals surface area contributed by atoms with Gasteiger partial charge in [-0.25, -0.2) is 14.6 Å². The minimum Gasteiger partial charge on any atom is -0.496 e. The number of hydrogen-bond donors (Lipinski definition) is 1. The maximum absolute atomic E-state index is 13.0. The van der Waals surface area contributed by atoms with E-state index in [1.165, 1.54) is 17.7 Å². The number of rotatable bonds is 8. The molecule has 31 heavy (non-hydrogen) atoms. The second-order valence-corrected chi connectivity index (χ2v) is 7.19. The zero-order valence-corrected chi connectivity index (χ0v) is 18.1. The lowest BCUT2D eigenvalue weighted by molar-refractivity contribution is 0.0693. The van der Waals surface area contributed by atoms with Crippen LogP contribution in [0.2, 0.25) is 0 Å². The smallest absolute Gasteiger partial charge is 0.339 e. The van der Waals surface area contributed by atoms with E-state index in [9.17, 15) is 19.5 Å². The first kappa shape index (κ1) is 22.1. The van der Waals surface area contributed by atoms with Crippen LogP contribution in [0.15, 0.2) is 27.8 Å². The van der Waals surface area contributed by atoms with Gasteiger partial charge in [-0.05, 0) is 36.6 Å². The van der Waals surface area contributed by atoms with E-state index in [0.717, 1.165) is 6.42 Å². The number of fused-ring (bicyclic) bond motifs is 1. The summed E-state index contributed by atoms with van der Waals surface area (Å²) in [5.74, 6) is -0.333. The van der Waals surface area contributed by atoms with Gasteiger partial charge in [0.1, 0.15) is 17.1 Å². The third kappa shape index (κ3) is 4.03. The predicted molar refractivity (Wildman–Crippen MR) is 119 cm³/mol. The van der Waals surface area contributed by atoms with E-state index in [4.69, 9.17) is 4.74 Å². The van der Waals surface area contributed by atoms with Crippen LogP contribution in [0.3, 0.4) is 0 Å². The van der Waals surface area contributed by atoms with E-state index in [2.05, 4.69) is 4.98 Å². The highest BCUT2D eigenvalue weighted by Crippen LogP contribution is 2.21. The molecule has 2 aromatic heterocycles. The van der Waals surface area contributed by atoms with Crippen LogP contribution in [-0.4, -0.2) is 36.9 Å². The molecule has 9 nitrogen and oxygen atoms in total. The quantitative estimate of drug-likeness (QED) is 0.593. The molecular weight excluding hydrogens is 400 g/mol. The second-order valence-electron chi connectivity index (χ2n) is 7.19. The first-order valence-corrected chi connectivity index (χ1v) is 10.1. The Bertz CT molecular complexity index is 1280. The van der Waals surface area contributed by atoms with Crippen molar-refractivity contribution in [1.82, 2.24) is 18.7 Å². The molecule has 0 bridgehead atoms. The third-order valence-corrected chi connectivity index (χ3v) is 5.05. The Morgan fingerprint density at radius 1 is 1.13 bits per heavy atom. The minimum absolute atomic E-state index is 0.0499. The molecule has 0 aliphatic carbocycles. The van der Waals surface area contributed by atoms with Crippen molar-refractivity contribution in [3.63, 3.8) is 0 Å². The molecule has 2 heterocycles. The third-order valence-electron chi connectivity index (χ3n) is 5.05. The molecule has 0 spiro atoms. The van der Waals surface area contributed by atoms with Gasteiger partial charge in [-0.2, -0.15) is 0 Å². The van der Waals surface area contributed by atoms with Crippen molar-refractivity contribution in [3.05, 3.63) is 56.0 Å². The maximum atomic E-state index is 13.0. The highest BCUT2D eigenvalue weighted by atomic mass is 16.5. The lowest BCUT2D eigenvalue weighted by atomic mass is 10.1. The minimum atomic E-state index is -1.09. The fourth-order valence-corrected chi connectivity index (χ4v) is 3.54. The largest absolute Gasteiger partial charge is 0.496 e. The van der Waals surface area contributed by atoms with Gasteiger partial charge in [0.2, 0.25) is 0 Å². The normalized spacial score (nSPS) is 11.5. The number of nitrogens with zero attached hydrogens (tertiary/aromatic N) is 4. The summed E-state index contributed by atoms with van der Waals surface area (Å²) in [6, 6.07) is 4.81. The first-order valence-electron chi connectivity index (χ1n) is 10.1. The van der Waals surface area contributed by atoms with Gasteiger partial charge in [0.15, 0.2) is 11.2 Å². The molecule has 0 saturated heterocycles. The zero-order chi connectivity index (χ0) is 22.7. The highest BCUT2D eigenvalue weighted by molar-refractivity contribution is 5.92. The summed E-state index contributed by atoms with van der Waals surface area (Å²) < 4.78 is 9.55. The Morgan fingerprint density at radius 2 is 1.81 bits per heavy atom. The van der Waals surface area contributed by atoms with Gasteiger partial charge in [0.25, 0.3) is 5.56 Å². The Morgan fingerprint density at radius 3 is 2.42 bits per heavy atom. The fourth-order valence-electron chi connectivity index (χ4n) is 3.54. The van der Waals surface area contributed by atoms with E-state index in [0.29, 0.717) is 42.1 Å². The molecular formula is C22H26N4O5. The number of aromatic nitrogens is 4. The molecule has 0 saturated carbocycles. The van der Waals surface area contributed by atoms with Crippen LogP contribution in [0.4, 0.5) is 0 Å². The molecule has 9 heteroatoms. The van der Waals surface area contributed by atoms with Crippen LogP contribution in [0.25, 0.3) is 23.3 Å². The Labute approximate surface area is 178 Å². The summed E-state index contributed by atoms with van der Waals surface area (Å²) in [7, 11) is 3.14. The average molecular weight is 426 g/mol. The van der Waals surface area contributed by atoms with Crippen molar-refractivity contribution < 1.29 is 14.6 Å². The van der Waals surface area contributed by atoms with E-state index >= 15 is 0 Å². The molecule has 0 radical (unpaired) electrons. The van der Waals surface area contributed by atoms with E-state index in [-0.39, 0.29) is 22.6 Å². The molecule has 3 rings (SSSR count). The summed E-state index contributed by atoms with van der Waals surface area (Å²) in [5, 5.41) is 9.36. The number of aromatic carboxylic acids is 1. The second kappa shape index (κ2) is 9.03. The maximum Gasteiger partial charge on any atom is 0.339 e. The van der Waals surface area contributed by atoms with Gasteiger partial charge in [-0.1, -0.05) is 26.0 Å².